The molecule has 2 N–H and O–H groups in total. The zero-order chi connectivity index (χ0) is 14.7. The molecular weight excluding hydrogens is 279 g/mol. The van der Waals surface area contributed by atoms with Gasteiger partial charge in [-0.15, -0.1) is 23.2 Å². The van der Waals surface area contributed by atoms with Crippen LogP contribution in [0.4, 0.5) is 0 Å². The molecule has 0 saturated carbocycles. The topological polar surface area (TPSA) is 74.6 Å². The molecular formula is C12H20Cl2O4. The van der Waals surface area contributed by atoms with Crippen LogP contribution in [0.5, 0.6) is 0 Å². The molecule has 2 unspecified atom stereocenters. The van der Waals surface area contributed by atoms with Crippen molar-refractivity contribution in [2.45, 2.75) is 51.3 Å². The average molecular weight is 299 g/mol. The Balaban J connectivity index is 4.65. The van der Waals surface area contributed by atoms with Gasteiger partial charge in [-0.1, -0.05) is 27.7 Å². The van der Waals surface area contributed by atoms with Gasteiger partial charge in [-0.25, -0.2) is 0 Å². The van der Waals surface area contributed by atoms with Gasteiger partial charge in [-0.05, 0) is 23.7 Å². The quantitative estimate of drug-likeness (QED) is 0.708. The molecule has 0 heterocycles. The third-order valence-electron chi connectivity index (χ3n) is 3.22. The van der Waals surface area contributed by atoms with Gasteiger partial charge in [0, 0.05) is 0 Å². The number of carboxylic acids is 2. The summed E-state index contributed by atoms with van der Waals surface area (Å²) >= 11 is 11.7. The van der Waals surface area contributed by atoms with Gasteiger partial charge >= 0.3 is 11.9 Å². The third-order valence-corrected chi connectivity index (χ3v) is 4.77. The highest BCUT2D eigenvalue weighted by atomic mass is 35.5. The molecule has 2 atom stereocenters. The lowest BCUT2D eigenvalue weighted by molar-refractivity contribution is -0.140. The summed E-state index contributed by atoms with van der Waals surface area (Å²) in [5.74, 6) is -2.14. The van der Waals surface area contributed by atoms with Gasteiger partial charge in [0.15, 0.2) is 0 Å². The Kier molecular flexibility index (Phi) is 5.95. The van der Waals surface area contributed by atoms with E-state index in [1.807, 2.05) is 0 Å². The SMILES string of the molecule is CC(C)(CCC(C)(C)C(Cl)C(=O)O)C(Cl)C(=O)O. The second kappa shape index (κ2) is 6.11. The van der Waals surface area contributed by atoms with Crippen molar-refractivity contribution in [3.8, 4) is 0 Å². The van der Waals surface area contributed by atoms with Crippen LogP contribution in [-0.4, -0.2) is 32.9 Å². The Bertz CT molecular complexity index is 294. The van der Waals surface area contributed by atoms with Crippen LogP contribution in [0, 0.1) is 10.8 Å². The minimum atomic E-state index is -1.07. The Labute approximate surface area is 117 Å². The molecule has 0 aromatic rings. The molecule has 4 nitrogen and oxygen atoms in total. The molecule has 0 aliphatic heterocycles. The van der Waals surface area contributed by atoms with E-state index in [2.05, 4.69) is 0 Å². The van der Waals surface area contributed by atoms with E-state index in [0.717, 1.165) is 0 Å². The van der Waals surface area contributed by atoms with E-state index < -0.39 is 33.5 Å². The summed E-state index contributed by atoms with van der Waals surface area (Å²) in [5, 5.41) is 15.8. The first-order chi connectivity index (χ1) is 7.92. The predicted octanol–water partition coefficient (Wildman–Crippen LogP) is 3.20. The number of carboxylic acid groups (broad SMARTS) is 2. The van der Waals surface area contributed by atoms with E-state index >= 15 is 0 Å². The molecule has 18 heavy (non-hydrogen) atoms. The molecule has 0 rings (SSSR count). The van der Waals surface area contributed by atoms with E-state index in [9.17, 15) is 9.59 Å². The molecule has 0 spiro atoms. The van der Waals surface area contributed by atoms with Crippen LogP contribution >= 0.6 is 23.2 Å². The van der Waals surface area contributed by atoms with Crippen molar-refractivity contribution in [1.82, 2.24) is 0 Å². The standard InChI is InChI=1S/C12H20Cl2O4/c1-11(2,7(13)9(15)16)5-6-12(3,4)8(14)10(17)18/h7-8H,5-6H2,1-4H3,(H,15,16)(H,17,18). The fraction of sp³-hybridized carbons (Fsp3) is 0.833. The van der Waals surface area contributed by atoms with Crippen molar-refractivity contribution >= 4 is 35.1 Å². The zero-order valence-electron chi connectivity index (χ0n) is 11.0. The highest BCUT2D eigenvalue weighted by Crippen LogP contribution is 2.38. The molecule has 0 amide bonds. The van der Waals surface area contributed by atoms with Gasteiger partial charge < -0.3 is 10.2 Å². The smallest absolute Gasteiger partial charge is 0.322 e. The average Bonchev–Trinajstić information content (AvgIpc) is 2.24. The number of alkyl halides is 2. The summed E-state index contributed by atoms with van der Waals surface area (Å²) in [7, 11) is 0. The Hall–Kier alpha value is -0.480. The van der Waals surface area contributed by atoms with Crippen LogP contribution in [0.25, 0.3) is 0 Å². The van der Waals surface area contributed by atoms with Crippen LogP contribution in [-0.2, 0) is 9.59 Å². The summed E-state index contributed by atoms with van der Waals surface area (Å²) in [6.45, 7) is 7.00. The highest BCUT2D eigenvalue weighted by Gasteiger charge is 2.38. The molecule has 0 fully saturated rings. The Morgan fingerprint density at radius 2 is 1.11 bits per heavy atom. The van der Waals surface area contributed by atoms with Crippen molar-refractivity contribution < 1.29 is 19.8 Å². The summed E-state index contributed by atoms with van der Waals surface area (Å²) in [5.41, 5.74) is -1.25. The van der Waals surface area contributed by atoms with Crippen molar-refractivity contribution in [2.75, 3.05) is 0 Å². The Morgan fingerprint density at radius 3 is 1.28 bits per heavy atom. The Morgan fingerprint density at radius 1 is 0.889 bits per heavy atom. The van der Waals surface area contributed by atoms with Crippen LogP contribution in [0.15, 0.2) is 0 Å². The largest absolute Gasteiger partial charge is 0.480 e. The zero-order valence-corrected chi connectivity index (χ0v) is 12.5. The minimum absolute atomic E-state index is 0.483. The van der Waals surface area contributed by atoms with Crippen molar-refractivity contribution in [2.24, 2.45) is 10.8 Å². The van der Waals surface area contributed by atoms with Crippen LogP contribution in [0.1, 0.15) is 40.5 Å². The lowest BCUT2D eigenvalue weighted by Gasteiger charge is -2.33. The fourth-order valence-electron chi connectivity index (χ4n) is 1.57. The molecule has 0 saturated heterocycles. The molecule has 0 aromatic carbocycles. The first kappa shape index (κ1) is 17.5. The number of aliphatic carboxylic acids is 2. The van der Waals surface area contributed by atoms with E-state index in [1.165, 1.54) is 0 Å². The second-order valence-corrected chi connectivity index (χ2v) is 6.75. The summed E-state index contributed by atoms with van der Waals surface area (Å²) < 4.78 is 0. The van der Waals surface area contributed by atoms with E-state index in [-0.39, 0.29) is 0 Å². The first-order valence-corrected chi connectivity index (χ1v) is 6.53. The maximum Gasteiger partial charge on any atom is 0.322 e. The van der Waals surface area contributed by atoms with E-state index in [1.54, 1.807) is 27.7 Å². The van der Waals surface area contributed by atoms with Gasteiger partial charge in [0.05, 0.1) is 0 Å². The normalized spacial score (nSPS) is 16.1. The number of halogens is 2. The van der Waals surface area contributed by atoms with Gasteiger partial charge in [0.25, 0.3) is 0 Å². The van der Waals surface area contributed by atoms with Crippen LogP contribution in [0.2, 0.25) is 0 Å². The molecule has 0 aromatic heterocycles. The molecule has 0 radical (unpaired) electrons. The number of rotatable bonds is 7. The van der Waals surface area contributed by atoms with Crippen molar-refractivity contribution in [3.63, 3.8) is 0 Å². The van der Waals surface area contributed by atoms with Gasteiger partial charge in [0.1, 0.15) is 10.8 Å². The lowest BCUT2D eigenvalue weighted by atomic mass is 9.75. The molecule has 6 heteroatoms. The van der Waals surface area contributed by atoms with Gasteiger partial charge in [-0.3, -0.25) is 9.59 Å². The molecule has 0 aliphatic rings. The summed E-state index contributed by atoms with van der Waals surface area (Å²) in [6.07, 6.45) is 0.966. The maximum absolute atomic E-state index is 10.9. The van der Waals surface area contributed by atoms with Gasteiger partial charge in [0.2, 0.25) is 0 Å². The minimum Gasteiger partial charge on any atom is -0.480 e. The van der Waals surface area contributed by atoms with Crippen molar-refractivity contribution in [1.29, 1.82) is 0 Å². The third kappa shape index (κ3) is 4.65. The fourth-order valence-corrected chi connectivity index (χ4v) is 1.78. The molecule has 0 aliphatic carbocycles. The van der Waals surface area contributed by atoms with E-state index in [0.29, 0.717) is 12.8 Å². The molecule has 0 bridgehead atoms. The first-order valence-electron chi connectivity index (χ1n) is 5.65. The molecule has 106 valence electrons. The number of carbonyl (C=O) groups is 2. The van der Waals surface area contributed by atoms with Crippen molar-refractivity contribution in [3.05, 3.63) is 0 Å². The summed E-state index contributed by atoms with van der Waals surface area (Å²) in [6, 6.07) is 0. The second-order valence-electron chi connectivity index (χ2n) is 5.88. The van der Waals surface area contributed by atoms with Crippen LogP contribution < -0.4 is 0 Å². The van der Waals surface area contributed by atoms with Gasteiger partial charge in [-0.2, -0.15) is 0 Å². The number of hydrogen-bond donors (Lipinski definition) is 2. The predicted molar refractivity (Wildman–Crippen MR) is 71.3 cm³/mol. The summed E-state index contributed by atoms with van der Waals surface area (Å²) in [4.78, 5) is 21.7. The number of hydrogen-bond acceptors (Lipinski definition) is 2. The maximum atomic E-state index is 10.9. The van der Waals surface area contributed by atoms with E-state index in [4.69, 9.17) is 33.4 Å². The highest BCUT2D eigenvalue weighted by molar-refractivity contribution is 6.30. The monoisotopic (exact) mass is 298 g/mol. The lowest BCUT2D eigenvalue weighted by Crippen LogP contribution is -2.36. The van der Waals surface area contributed by atoms with Crippen LogP contribution in [0.3, 0.4) is 0 Å².